The fourth-order valence-electron chi connectivity index (χ4n) is 1.22. The molecular weight excluding hydrogens is 174 g/mol. The molecule has 0 heterocycles. The SMILES string of the molecule is C=Cc1ccc(CC(=O)NCC)cc1. The molecule has 1 aromatic rings. The second-order valence-corrected chi connectivity index (χ2v) is 3.08. The number of rotatable bonds is 4. The molecule has 0 fully saturated rings. The Kier molecular flexibility index (Phi) is 3.92. The van der Waals surface area contributed by atoms with Crippen molar-refractivity contribution in [3.05, 3.63) is 42.0 Å². The van der Waals surface area contributed by atoms with Gasteiger partial charge in [-0.2, -0.15) is 0 Å². The predicted molar refractivity (Wildman–Crippen MR) is 58.9 cm³/mol. The molecule has 0 aliphatic heterocycles. The maximum Gasteiger partial charge on any atom is 0.224 e. The summed E-state index contributed by atoms with van der Waals surface area (Å²) in [5.74, 6) is 0.0684. The van der Waals surface area contributed by atoms with Crippen LogP contribution in [0.15, 0.2) is 30.8 Å². The van der Waals surface area contributed by atoms with Gasteiger partial charge >= 0.3 is 0 Å². The van der Waals surface area contributed by atoms with Crippen molar-refractivity contribution in [3.8, 4) is 0 Å². The Bertz CT molecular complexity index is 314. The van der Waals surface area contributed by atoms with Crippen LogP contribution < -0.4 is 5.32 Å². The van der Waals surface area contributed by atoms with Gasteiger partial charge in [0, 0.05) is 6.54 Å². The quantitative estimate of drug-likeness (QED) is 0.771. The van der Waals surface area contributed by atoms with Gasteiger partial charge in [0.15, 0.2) is 0 Å². The highest BCUT2D eigenvalue weighted by molar-refractivity contribution is 5.78. The Balaban J connectivity index is 2.59. The zero-order valence-electron chi connectivity index (χ0n) is 8.42. The number of nitrogens with one attached hydrogen (secondary N) is 1. The van der Waals surface area contributed by atoms with E-state index in [0.29, 0.717) is 13.0 Å². The van der Waals surface area contributed by atoms with Gasteiger partial charge in [-0.25, -0.2) is 0 Å². The van der Waals surface area contributed by atoms with Crippen LogP contribution in [-0.4, -0.2) is 12.5 Å². The minimum Gasteiger partial charge on any atom is -0.356 e. The molecule has 2 nitrogen and oxygen atoms in total. The molecule has 0 unspecified atom stereocenters. The summed E-state index contributed by atoms with van der Waals surface area (Å²) in [6.07, 6.45) is 2.24. The Morgan fingerprint density at radius 1 is 1.43 bits per heavy atom. The summed E-state index contributed by atoms with van der Waals surface area (Å²) in [6.45, 7) is 6.27. The van der Waals surface area contributed by atoms with Crippen LogP contribution >= 0.6 is 0 Å². The van der Waals surface area contributed by atoms with Crippen molar-refractivity contribution in [3.63, 3.8) is 0 Å². The number of hydrogen-bond donors (Lipinski definition) is 1. The minimum atomic E-state index is 0.0684. The molecule has 0 aliphatic carbocycles. The number of hydrogen-bond acceptors (Lipinski definition) is 1. The third-order valence-corrected chi connectivity index (χ3v) is 1.95. The Morgan fingerprint density at radius 2 is 2.07 bits per heavy atom. The average molecular weight is 189 g/mol. The molecule has 1 amide bonds. The lowest BCUT2D eigenvalue weighted by Crippen LogP contribution is -2.24. The molecular formula is C12H15NO. The van der Waals surface area contributed by atoms with E-state index in [1.54, 1.807) is 6.08 Å². The van der Waals surface area contributed by atoms with Gasteiger partial charge in [0.1, 0.15) is 0 Å². The first-order valence-electron chi connectivity index (χ1n) is 4.74. The number of carbonyl (C=O) groups excluding carboxylic acids is 1. The smallest absolute Gasteiger partial charge is 0.224 e. The summed E-state index contributed by atoms with van der Waals surface area (Å²) < 4.78 is 0. The summed E-state index contributed by atoms with van der Waals surface area (Å²) in [5, 5.41) is 2.76. The molecule has 74 valence electrons. The molecule has 2 heteroatoms. The molecule has 0 radical (unpaired) electrons. The molecule has 0 aliphatic rings. The monoisotopic (exact) mass is 189 g/mol. The van der Waals surface area contributed by atoms with E-state index >= 15 is 0 Å². The van der Waals surface area contributed by atoms with Crippen molar-refractivity contribution in [1.29, 1.82) is 0 Å². The third-order valence-electron chi connectivity index (χ3n) is 1.95. The highest BCUT2D eigenvalue weighted by Gasteiger charge is 2.00. The first-order chi connectivity index (χ1) is 6.76. The first kappa shape index (κ1) is 10.5. The van der Waals surface area contributed by atoms with Crippen LogP contribution in [0, 0.1) is 0 Å². The van der Waals surface area contributed by atoms with Crippen LogP contribution in [0.2, 0.25) is 0 Å². The fourth-order valence-corrected chi connectivity index (χ4v) is 1.22. The largest absolute Gasteiger partial charge is 0.356 e. The van der Waals surface area contributed by atoms with Gasteiger partial charge in [-0.15, -0.1) is 0 Å². The third kappa shape index (κ3) is 3.05. The van der Waals surface area contributed by atoms with Crippen LogP contribution in [-0.2, 0) is 11.2 Å². The molecule has 14 heavy (non-hydrogen) atoms. The number of carbonyl (C=O) groups is 1. The first-order valence-corrected chi connectivity index (χ1v) is 4.74. The van der Waals surface area contributed by atoms with Crippen molar-refractivity contribution in [2.24, 2.45) is 0 Å². The van der Waals surface area contributed by atoms with Crippen molar-refractivity contribution in [2.75, 3.05) is 6.54 Å². The second kappa shape index (κ2) is 5.22. The van der Waals surface area contributed by atoms with E-state index in [-0.39, 0.29) is 5.91 Å². The van der Waals surface area contributed by atoms with Crippen LogP contribution in [0.1, 0.15) is 18.1 Å². The zero-order chi connectivity index (χ0) is 10.4. The summed E-state index contributed by atoms with van der Waals surface area (Å²) in [4.78, 5) is 11.2. The summed E-state index contributed by atoms with van der Waals surface area (Å²) in [5.41, 5.74) is 2.10. The summed E-state index contributed by atoms with van der Waals surface area (Å²) in [6, 6.07) is 7.82. The molecule has 1 aromatic carbocycles. The maximum absolute atomic E-state index is 11.2. The Morgan fingerprint density at radius 3 is 2.57 bits per heavy atom. The van der Waals surface area contributed by atoms with Crippen LogP contribution in [0.3, 0.4) is 0 Å². The van der Waals surface area contributed by atoms with Crippen molar-refractivity contribution >= 4 is 12.0 Å². The maximum atomic E-state index is 11.2. The van der Waals surface area contributed by atoms with Gasteiger partial charge < -0.3 is 5.32 Å². The van der Waals surface area contributed by atoms with Gasteiger partial charge in [0.2, 0.25) is 5.91 Å². The minimum absolute atomic E-state index is 0.0684. The van der Waals surface area contributed by atoms with Crippen LogP contribution in [0.4, 0.5) is 0 Å². The van der Waals surface area contributed by atoms with Crippen LogP contribution in [0.5, 0.6) is 0 Å². The second-order valence-electron chi connectivity index (χ2n) is 3.08. The molecule has 0 spiro atoms. The van der Waals surface area contributed by atoms with Gasteiger partial charge in [-0.1, -0.05) is 36.9 Å². The number of amides is 1. The van der Waals surface area contributed by atoms with E-state index in [4.69, 9.17) is 0 Å². The highest BCUT2D eigenvalue weighted by atomic mass is 16.1. The van der Waals surface area contributed by atoms with E-state index in [2.05, 4.69) is 11.9 Å². The van der Waals surface area contributed by atoms with Crippen molar-refractivity contribution in [2.45, 2.75) is 13.3 Å². The fraction of sp³-hybridized carbons (Fsp3) is 0.250. The molecule has 0 bridgehead atoms. The molecule has 1 rings (SSSR count). The molecule has 0 aromatic heterocycles. The molecule has 1 N–H and O–H groups in total. The standard InChI is InChI=1S/C12H15NO/c1-3-10-5-7-11(8-6-10)9-12(14)13-4-2/h3,5-8H,1,4,9H2,2H3,(H,13,14). The van der Waals surface area contributed by atoms with Crippen LogP contribution in [0.25, 0.3) is 6.08 Å². The van der Waals surface area contributed by atoms with Gasteiger partial charge in [0.25, 0.3) is 0 Å². The molecule has 0 saturated carbocycles. The lowest BCUT2D eigenvalue weighted by atomic mass is 10.1. The predicted octanol–water partition coefficient (Wildman–Crippen LogP) is 2.01. The normalized spacial score (nSPS) is 9.50. The molecule has 0 saturated heterocycles. The Hall–Kier alpha value is -1.57. The van der Waals surface area contributed by atoms with E-state index in [0.717, 1.165) is 11.1 Å². The topological polar surface area (TPSA) is 29.1 Å². The summed E-state index contributed by atoms with van der Waals surface area (Å²) in [7, 11) is 0. The lowest BCUT2D eigenvalue weighted by molar-refractivity contribution is -0.120. The summed E-state index contributed by atoms with van der Waals surface area (Å²) >= 11 is 0. The number of benzene rings is 1. The zero-order valence-corrected chi connectivity index (χ0v) is 8.42. The van der Waals surface area contributed by atoms with Gasteiger partial charge in [0.05, 0.1) is 6.42 Å². The van der Waals surface area contributed by atoms with Crippen molar-refractivity contribution in [1.82, 2.24) is 5.32 Å². The van der Waals surface area contributed by atoms with Crippen molar-refractivity contribution < 1.29 is 4.79 Å². The van der Waals surface area contributed by atoms with E-state index in [1.807, 2.05) is 31.2 Å². The van der Waals surface area contributed by atoms with E-state index in [9.17, 15) is 4.79 Å². The van der Waals surface area contributed by atoms with Gasteiger partial charge in [-0.3, -0.25) is 4.79 Å². The molecule has 0 atom stereocenters. The lowest BCUT2D eigenvalue weighted by Gasteiger charge is -2.02. The Labute approximate surface area is 84.6 Å². The van der Waals surface area contributed by atoms with E-state index in [1.165, 1.54) is 0 Å². The number of likely N-dealkylation sites (N-methyl/N-ethyl adjacent to an activating group) is 1. The van der Waals surface area contributed by atoms with Gasteiger partial charge in [-0.05, 0) is 18.1 Å². The average Bonchev–Trinajstić information content (AvgIpc) is 2.19. The van der Waals surface area contributed by atoms with E-state index < -0.39 is 0 Å². The highest BCUT2D eigenvalue weighted by Crippen LogP contribution is 2.05.